The van der Waals surface area contributed by atoms with Crippen LogP contribution in [-0.4, -0.2) is 51.0 Å². The van der Waals surface area contributed by atoms with E-state index in [0.717, 1.165) is 38.8 Å². The molecule has 1 saturated carbocycles. The highest BCUT2D eigenvalue weighted by Crippen LogP contribution is 2.25. The molecule has 2 N–H and O–H groups in total. The summed E-state index contributed by atoms with van der Waals surface area (Å²) in [7, 11) is 1.78. The van der Waals surface area contributed by atoms with Gasteiger partial charge in [-0.15, -0.1) is 0 Å². The van der Waals surface area contributed by atoms with Crippen molar-refractivity contribution >= 4 is 5.91 Å². The number of hydrogen-bond acceptors (Lipinski definition) is 4. The third-order valence-electron chi connectivity index (χ3n) is 4.29. The number of carbonyl (C=O) groups excluding carboxylic acids is 1. The fourth-order valence-electron chi connectivity index (χ4n) is 2.95. The van der Waals surface area contributed by atoms with Gasteiger partial charge in [-0.2, -0.15) is 0 Å². The second kappa shape index (κ2) is 7.22. The van der Waals surface area contributed by atoms with E-state index in [9.17, 15) is 4.79 Å². The van der Waals surface area contributed by atoms with E-state index in [0.29, 0.717) is 18.6 Å². The maximum Gasteiger partial charge on any atom is 0.239 e. The largest absolute Gasteiger partial charge is 0.381 e. The van der Waals surface area contributed by atoms with E-state index >= 15 is 0 Å². The summed E-state index contributed by atoms with van der Waals surface area (Å²) in [6.45, 7) is 4.16. The Morgan fingerprint density at radius 2 is 2.11 bits per heavy atom. The van der Waals surface area contributed by atoms with Gasteiger partial charge in [0.2, 0.25) is 5.91 Å². The van der Waals surface area contributed by atoms with Crippen LogP contribution in [-0.2, 0) is 14.3 Å². The molecule has 110 valence electrons. The van der Waals surface area contributed by atoms with Crippen LogP contribution in [0.2, 0.25) is 0 Å². The number of amides is 1. The van der Waals surface area contributed by atoms with E-state index in [4.69, 9.17) is 9.47 Å². The molecule has 2 aliphatic rings. The average Bonchev–Trinajstić information content (AvgIpc) is 2.46. The highest BCUT2D eigenvalue weighted by molar-refractivity contribution is 5.82. The molecular formula is C14H26N2O3. The van der Waals surface area contributed by atoms with Gasteiger partial charge >= 0.3 is 0 Å². The first-order chi connectivity index (χ1) is 9.20. The van der Waals surface area contributed by atoms with Gasteiger partial charge < -0.3 is 20.1 Å². The summed E-state index contributed by atoms with van der Waals surface area (Å²) in [4.78, 5) is 12.1. The zero-order chi connectivity index (χ0) is 13.7. The molecular weight excluding hydrogens is 244 g/mol. The second-order valence-corrected chi connectivity index (χ2v) is 5.63. The van der Waals surface area contributed by atoms with Gasteiger partial charge in [-0.05, 0) is 38.5 Å². The number of nitrogens with one attached hydrogen (secondary N) is 2. The van der Waals surface area contributed by atoms with Gasteiger partial charge in [0.05, 0.1) is 18.8 Å². The lowest BCUT2D eigenvalue weighted by Crippen LogP contribution is -2.56. The van der Waals surface area contributed by atoms with Gasteiger partial charge in [0, 0.05) is 20.2 Å². The molecule has 1 amide bonds. The van der Waals surface area contributed by atoms with Crippen molar-refractivity contribution in [2.45, 2.75) is 50.9 Å². The van der Waals surface area contributed by atoms with Crippen molar-refractivity contribution in [3.8, 4) is 0 Å². The van der Waals surface area contributed by atoms with Gasteiger partial charge in [-0.1, -0.05) is 0 Å². The summed E-state index contributed by atoms with van der Waals surface area (Å²) in [5.41, 5.74) is 0. The minimum atomic E-state index is -0.205. The van der Waals surface area contributed by atoms with Crippen molar-refractivity contribution in [3.63, 3.8) is 0 Å². The highest BCUT2D eigenvalue weighted by Gasteiger charge is 2.29. The summed E-state index contributed by atoms with van der Waals surface area (Å²) in [5, 5.41) is 6.28. The molecule has 19 heavy (non-hydrogen) atoms. The summed E-state index contributed by atoms with van der Waals surface area (Å²) >= 11 is 0. The second-order valence-electron chi connectivity index (χ2n) is 5.63. The Bertz CT molecular complexity index is 290. The number of carbonyl (C=O) groups is 1. The first-order valence-corrected chi connectivity index (χ1v) is 7.36. The van der Waals surface area contributed by atoms with E-state index in [-0.39, 0.29) is 18.1 Å². The minimum absolute atomic E-state index is 0.0435. The normalized spacial score (nSPS) is 35.9. The first kappa shape index (κ1) is 14.8. The Balaban J connectivity index is 1.69. The van der Waals surface area contributed by atoms with Gasteiger partial charge in [0.15, 0.2) is 0 Å². The number of ether oxygens (including phenoxy) is 2. The van der Waals surface area contributed by atoms with Gasteiger partial charge in [-0.25, -0.2) is 0 Å². The molecule has 0 spiro atoms. The summed E-state index contributed by atoms with van der Waals surface area (Å²) in [6, 6.07) is -0.205. The SMILES string of the molecule is COC1CCC(CNC(=O)[C@H]2NCCO[C@@H]2C)CC1. The monoisotopic (exact) mass is 270 g/mol. The lowest BCUT2D eigenvalue weighted by atomic mass is 9.87. The van der Waals surface area contributed by atoms with E-state index in [1.54, 1.807) is 7.11 Å². The van der Waals surface area contributed by atoms with Gasteiger partial charge in [-0.3, -0.25) is 4.79 Å². The third kappa shape index (κ3) is 4.16. The van der Waals surface area contributed by atoms with Crippen LogP contribution >= 0.6 is 0 Å². The average molecular weight is 270 g/mol. The topological polar surface area (TPSA) is 59.6 Å². The van der Waals surface area contributed by atoms with Crippen LogP contribution in [0.4, 0.5) is 0 Å². The molecule has 5 heteroatoms. The maximum absolute atomic E-state index is 12.1. The number of hydrogen-bond donors (Lipinski definition) is 2. The smallest absolute Gasteiger partial charge is 0.239 e. The zero-order valence-corrected chi connectivity index (χ0v) is 12.0. The number of morpholine rings is 1. The Morgan fingerprint density at radius 1 is 1.37 bits per heavy atom. The Morgan fingerprint density at radius 3 is 2.74 bits per heavy atom. The van der Waals surface area contributed by atoms with Crippen molar-refractivity contribution in [1.29, 1.82) is 0 Å². The van der Waals surface area contributed by atoms with Crippen molar-refractivity contribution in [2.75, 3.05) is 26.8 Å². The van der Waals surface area contributed by atoms with Gasteiger partial charge in [0.25, 0.3) is 0 Å². The molecule has 2 atom stereocenters. The molecule has 1 heterocycles. The van der Waals surface area contributed by atoms with Crippen LogP contribution in [0.1, 0.15) is 32.6 Å². The van der Waals surface area contributed by atoms with Crippen LogP contribution in [0, 0.1) is 5.92 Å². The molecule has 2 fully saturated rings. The molecule has 0 aromatic carbocycles. The van der Waals surface area contributed by atoms with E-state index in [2.05, 4.69) is 10.6 Å². The summed E-state index contributed by atoms with van der Waals surface area (Å²) < 4.78 is 10.9. The minimum Gasteiger partial charge on any atom is -0.381 e. The van der Waals surface area contributed by atoms with Crippen molar-refractivity contribution in [3.05, 3.63) is 0 Å². The fraction of sp³-hybridized carbons (Fsp3) is 0.929. The van der Waals surface area contributed by atoms with Crippen LogP contribution in [0.5, 0.6) is 0 Å². The molecule has 0 aromatic rings. The van der Waals surface area contributed by atoms with Gasteiger partial charge in [0.1, 0.15) is 6.04 Å². The van der Waals surface area contributed by atoms with Crippen LogP contribution < -0.4 is 10.6 Å². The quantitative estimate of drug-likeness (QED) is 0.789. The van der Waals surface area contributed by atoms with E-state index in [1.807, 2.05) is 6.92 Å². The van der Waals surface area contributed by atoms with Crippen molar-refractivity contribution in [1.82, 2.24) is 10.6 Å². The molecule has 1 aliphatic heterocycles. The lowest BCUT2D eigenvalue weighted by molar-refractivity contribution is -0.129. The standard InChI is InChI=1S/C14H26N2O3/c1-10-13(15-7-8-19-10)14(17)16-9-11-3-5-12(18-2)6-4-11/h10-13,15H,3-9H2,1-2H3,(H,16,17)/t10-,11?,12?,13+/m1/s1. The number of methoxy groups -OCH3 is 1. The maximum atomic E-state index is 12.1. The molecule has 0 aromatic heterocycles. The highest BCUT2D eigenvalue weighted by atomic mass is 16.5. The molecule has 1 aliphatic carbocycles. The summed E-state index contributed by atoms with van der Waals surface area (Å²) in [6.07, 6.45) is 4.88. The zero-order valence-electron chi connectivity index (χ0n) is 12.0. The van der Waals surface area contributed by atoms with Crippen molar-refractivity contribution in [2.24, 2.45) is 5.92 Å². The molecule has 5 nitrogen and oxygen atoms in total. The molecule has 0 radical (unpaired) electrons. The third-order valence-corrected chi connectivity index (χ3v) is 4.29. The Kier molecular flexibility index (Phi) is 5.60. The van der Waals surface area contributed by atoms with E-state index in [1.165, 1.54) is 0 Å². The Labute approximate surface area is 115 Å². The lowest BCUT2D eigenvalue weighted by Gasteiger charge is -2.31. The first-order valence-electron chi connectivity index (χ1n) is 7.36. The predicted molar refractivity (Wildman–Crippen MR) is 73.0 cm³/mol. The predicted octanol–water partition coefficient (Wildman–Crippen LogP) is 0.685. The van der Waals surface area contributed by atoms with E-state index < -0.39 is 0 Å². The molecule has 0 unspecified atom stereocenters. The fourth-order valence-corrected chi connectivity index (χ4v) is 2.95. The summed E-state index contributed by atoms with van der Waals surface area (Å²) in [5.74, 6) is 0.663. The number of rotatable bonds is 4. The molecule has 2 rings (SSSR count). The molecule has 0 bridgehead atoms. The van der Waals surface area contributed by atoms with Crippen LogP contribution in [0.25, 0.3) is 0 Å². The molecule has 1 saturated heterocycles. The van der Waals surface area contributed by atoms with Crippen LogP contribution in [0.15, 0.2) is 0 Å². The Hall–Kier alpha value is -0.650. The van der Waals surface area contributed by atoms with Crippen LogP contribution in [0.3, 0.4) is 0 Å². The van der Waals surface area contributed by atoms with Crippen molar-refractivity contribution < 1.29 is 14.3 Å².